The molecule has 2 aromatic carbocycles. The molecule has 24 heavy (non-hydrogen) atoms. The van der Waals surface area contributed by atoms with Crippen LogP contribution in [0.4, 0.5) is 0 Å². The Kier molecular flexibility index (Phi) is 6.38. The summed E-state index contributed by atoms with van der Waals surface area (Å²) in [6.45, 7) is 6.93. The van der Waals surface area contributed by atoms with E-state index in [-0.39, 0.29) is 5.92 Å². The van der Waals surface area contributed by atoms with Gasteiger partial charge in [-0.2, -0.15) is 0 Å². The van der Waals surface area contributed by atoms with Crippen molar-refractivity contribution in [2.45, 2.75) is 40.0 Å². The molecule has 128 valence electrons. The number of rotatable bonds is 8. The highest BCUT2D eigenvalue weighted by Gasteiger charge is 2.20. The fourth-order valence-electron chi connectivity index (χ4n) is 2.47. The lowest BCUT2D eigenvalue weighted by atomic mass is 10.0. The number of aryl methyl sites for hydroxylation is 1. The van der Waals surface area contributed by atoms with E-state index in [0.717, 1.165) is 11.3 Å². The van der Waals surface area contributed by atoms with Crippen LogP contribution in [-0.4, -0.2) is 17.1 Å². The Bertz CT molecular complexity index is 665. The summed E-state index contributed by atoms with van der Waals surface area (Å²) in [6, 6.07) is 15.4. The molecular formula is C20H25NO3. The second-order valence-electron chi connectivity index (χ2n) is 6.30. The number of carbonyl (C=O) groups is 1. The molecule has 0 spiro atoms. The summed E-state index contributed by atoms with van der Waals surface area (Å²) in [5, 5.41) is 12.3. The van der Waals surface area contributed by atoms with E-state index in [1.807, 2.05) is 50.2 Å². The van der Waals surface area contributed by atoms with Crippen LogP contribution in [-0.2, 0) is 17.9 Å². The largest absolute Gasteiger partial charge is 0.489 e. The van der Waals surface area contributed by atoms with E-state index in [1.165, 1.54) is 11.1 Å². The van der Waals surface area contributed by atoms with E-state index in [0.29, 0.717) is 13.2 Å². The molecule has 0 saturated carbocycles. The molecule has 2 aromatic rings. The predicted molar refractivity (Wildman–Crippen MR) is 95.1 cm³/mol. The molecule has 4 nitrogen and oxygen atoms in total. The molecule has 1 unspecified atom stereocenters. The first kappa shape index (κ1) is 18.0. The first-order valence-corrected chi connectivity index (χ1v) is 8.20. The number of carboxylic acids is 1. The normalized spacial score (nSPS) is 12.2. The molecule has 0 aliphatic carbocycles. The second-order valence-corrected chi connectivity index (χ2v) is 6.30. The van der Waals surface area contributed by atoms with Gasteiger partial charge in [-0.15, -0.1) is 0 Å². The molecule has 0 aliphatic heterocycles. The molecular weight excluding hydrogens is 302 g/mol. The van der Waals surface area contributed by atoms with Crippen LogP contribution in [0.3, 0.4) is 0 Å². The Morgan fingerprint density at radius 1 is 1.12 bits per heavy atom. The number of benzene rings is 2. The Morgan fingerprint density at radius 2 is 1.79 bits per heavy atom. The van der Waals surface area contributed by atoms with Crippen molar-refractivity contribution in [3.63, 3.8) is 0 Å². The molecule has 0 saturated heterocycles. The van der Waals surface area contributed by atoms with Crippen molar-refractivity contribution in [1.82, 2.24) is 5.32 Å². The number of ether oxygens (including phenoxy) is 1. The van der Waals surface area contributed by atoms with E-state index < -0.39 is 12.0 Å². The molecule has 1 atom stereocenters. The minimum Gasteiger partial charge on any atom is -0.489 e. The van der Waals surface area contributed by atoms with E-state index in [2.05, 4.69) is 24.4 Å². The third-order valence-electron chi connectivity index (χ3n) is 4.04. The van der Waals surface area contributed by atoms with Gasteiger partial charge in [0.2, 0.25) is 0 Å². The molecule has 0 bridgehead atoms. The van der Waals surface area contributed by atoms with E-state index >= 15 is 0 Å². The minimum absolute atomic E-state index is 0.0409. The number of carboxylic acid groups (broad SMARTS) is 1. The summed E-state index contributed by atoms with van der Waals surface area (Å²) < 4.78 is 5.82. The number of aliphatic carboxylic acids is 1. The lowest BCUT2D eigenvalue weighted by molar-refractivity contribution is -0.140. The summed E-state index contributed by atoms with van der Waals surface area (Å²) in [6.07, 6.45) is 0. The van der Waals surface area contributed by atoms with Crippen molar-refractivity contribution in [3.05, 3.63) is 65.2 Å². The van der Waals surface area contributed by atoms with Crippen LogP contribution in [0.15, 0.2) is 48.5 Å². The summed E-state index contributed by atoms with van der Waals surface area (Å²) in [7, 11) is 0. The quantitative estimate of drug-likeness (QED) is 0.775. The first-order valence-electron chi connectivity index (χ1n) is 8.20. The van der Waals surface area contributed by atoms with Gasteiger partial charge in [0.1, 0.15) is 18.4 Å². The van der Waals surface area contributed by atoms with Gasteiger partial charge in [-0.25, -0.2) is 0 Å². The van der Waals surface area contributed by atoms with Crippen molar-refractivity contribution < 1.29 is 14.6 Å². The third-order valence-corrected chi connectivity index (χ3v) is 4.04. The molecule has 0 aromatic heterocycles. The summed E-state index contributed by atoms with van der Waals surface area (Å²) in [4.78, 5) is 11.2. The van der Waals surface area contributed by atoms with E-state index in [4.69, 9.17) is 4.74 Å². The van der Waals surface area contributed by atoms with Crippen LogP contribution >= 0.6 is 0 Å². The van der Waals surface area contributed by atoms with Gasteiger partial charge in [0.25, 0.3) is 0 Å². The fourth-order valence-corrected chi connectivity index (χ4v) is 2.47. The number of nitrogens with one attached hydrogen (secondary N) is 1. The van der Waals surface area contributed by atoms with E-state index in [9.17, 15) is 9.90 Å². The zero-order chi connectivity index (χ0) is 17.5. The van der Waals surface area contributed by atoms with Gasteiger partial charge in [-0.3, -0.25) is 4.79 Å². The highest BCUT2D eigenvalue weighted by atomic mass is 16.5. The molecule has 0 aliphatic rings. The summed E-state index contributed by atoms with van der Waals surface area (Å²) >= 11 is 0. The highest BCUT2D eigenvalue weighted by Crippen LogP contribution is 2.16. The average Bonchev–Trinajstić information content (AvgIpc) is 2.55. The smallest absolute Gasteiger partial charge is 0.320 e. The van der Waals surface area contributed by atoms with Gasteiger partial charge < -0.3 is 15.2 Å². The lowest BCUT2D eigenvalue weighted by Crippen LogP contribution is -2.40. The SMILES string of the molecule is Cc1ccccc1COc1ccc(CNC(C(=O)O)C(C)C)cc1. The number of hydrogen-bond donors (Lipinski definition) is 2. The van der Waals surface area contributed by atoms with Crippen LogP contribution in [0.1, 0.15) is 30.5 Å². The molecule has 4 heteroatoms. The highest BCUT2D eigenvalue weighted by molar-refractivity contribution is 5.73. The third kappa shape index (κ3) is 5.10. The Morgan fingerprint density at radius 3 is 2.38 bits per heavy atom. The second kappa shape index (κ2) is 8.50. The first-order chi connectivity index (χ1) is 11.5. The molecule has 0 heterocycles. The van der Waals surface area contributed by atoms with Crippen LogP contribution in [0, 0.1) is 12.8 Å². The average molecular weight is 327 g/mol. The molecule has 0 fully saturated rings. The fraction of sp³-hybridized carbons (Fsp3) is 0.350. The molecule has 0 radical (unpaired) electrons. The van der Waals surface area contributed by atoms with Gasteiger partial charge in [-0.05, 0) is 41.7 Å². The zero-order valence-electron chi connectivity index (χ0n) is 14.5. The Balaban J connectivity index is 1.89. The van der Waals surface area contributed by atoms with Crippen LogP contribution < -0.4 is 10.1 Å². The maximum atomic E-state index is 11.2. The maximum Gasteiger partial charge on any atom is 0.320 e. The van der Waals surface area contributed by atoms with Crippen molar-refractivity contribution >= 4 is 5.97 Å². The molecule has 0 amide bonds. The van der Waals surface area contributed by atoms with Crippen molar-refractivity contribution in [1.29, 1.82) is 0 Å². The monoisotopic (exact) mass is 327 g/mol. The maximum absolute atomic E-state index is 11.2. The Labute approximate surface area is 143 Å². The van der Waals surface area contributed by atoms with Gasteiger partial charge in [0.05, 0.1) is 0 Å². The van der Waals surface area contributed by atoms with Gasteiger partial charge in [0, 0.05) is 6.54 Å². The predicted octanol–water partition coefficient (Wildman–Crippen LogP) is 3.77. The van der Waals surface area contributed by atoms with Crippen LogP contribution in [0.5, 0.6) is 5.75 Å². The zero-order valence-corrected chi connectivity index (χ0v) is 14.5. The minimum atomic E-state index is -0.816. The van der Waals surface area contributed by atoms with Crippen molar-refractivity contribution in [2.75, 3.05) is 0 Å². The Hall–Kier alpha value is -2.33. The lowest BCUT2D eigenvalue weighted by Gasteiger charge is -2.18. The standard InChI is InChI=1S/C20H25NO3/c1-14(2)19(20(22)23)21-12-16-8-10-18(11-9-16)24-13-17-7-5-4-6-15(17)3/h4-11,14,19,21H,12-13H2,1-3H3,(H,22,23). The van der Waals surface area contributed by atoms with Crippen LogP contribution in [0.2, 0.25) is 0 Å². The van der Waals surface area contributed by atoms with Gasteiger partial charge >= 0.3 is 5.97 Å². The molecule has 2 N–H and O–H groups in total. The summed E-state index contributed by atoms with van der Waals surface area (Å²) in [5.41, 5.74) is 3.42. The molecule has 2 rings (SSSR count). The summed E-state index contributed by atoms with van der Waals surface area (Å²) in [5.74, 6) is 0.0306. The topological polar surface area (TPSA) is 58.6 Å². The van der Waals surface area contributed by atoms with Gasteiger partial charge in [0.15, 0.2) is 0 Å². The number of hydrogen-bond acceptors (Lipinski definition) is 3. The van der Waals surface area contributed by atoms with Crippen molar-refractivity contribution in [3.8, 4) is 5.75 Å². The van der Waals surface area contributed by atoms with Gasteiger partial charge in [-0.1, -0.05) is 50.2 Å². The van der Waals surface area contributed by atoms with Crippen LogP contribution in [0.25, 0.3) is 0 Å². The van der Waals surface area contributed by atoms with E-state index in [1.54, 1.807) is 0 Å². The van der Waals surface area contributed by atoms with Crippen molar-refractivity contribution in [2.24, 2.45) is 5.92 Å².